The van der Waals surface area contributed by atoms with Crippen LogP contribution < -0.4 is 11.1 Å². The third kappa shape index (κ3) is 1.41. The number of rotatable bonds is 1. The van der Waals surface area contributed by atoms with Crippen LogP contribution in [0.4, 0.5) is 5.82 Å². The average molecular weight is 163 g/mol. The summed E-state index contributed by atoms with van der Waals surface area (Å²) in [5, 5.41) is 3.38. The van der Waals surface area contributed by atoms with Crippen LogP contribution in [0.5, 0.6) is 0 Å². The van der Waals surface area contributed by atoms with Gasteiger partial charge in [-0.3, -0.25) is 0 Å². The highest BCUT2D eigenvalue weighted by atomic mass is 15.0. The third-order valence-corrected chi connectivity index (χ3v) is 2.21. The largest absolute Gasteiger partial charge is 0.384 e. The van der Waals surface area contributed by atoms with Gasteiger partial charge in [0.25, 0.3) is 0 Å². The molecule has 0 aliphatic carbocycles. The van der Waals surface area contributed by atoms with E-state index < -0.39 is 0 Å². The van der Waals surface area contributed by atoms with E-state index in [4.69, 9.17) is 5.73 Å². The Morgan fingerprint density at radius 1 is 1.50 bits per heavy atom. The summed E-state index contributed by atoms with van der Waals surface area (Å²) >= 11 is 0. The van der Waals surface area contributed by atoms with E-state index in [-0.39, 0.29) is 0 Å². The predicted molar refractivity (Wildman–Crippen MR) is 48.6 cm³/mol. The topological polar surface area (TPSA) is 50.9 Å². The summed E-state index contributed by atoms with van der Waals surface area (Å²) in [5.74, 6) is 0.612. The van der Waals surface area contributed by atoms with Crippen molar-refractivity contribution in [3.63, 3.8) is 0 Å². The van der Waals surface area contributed by atoms with Crippen LogP contribution in [-0.2, 0) is 0 Å². The molecule has 3 nitrogen and oxygen atoms in total. The molecule has 1 aromatic heterocycles. The van der Waals surface area contributed by atoms with Gasteiger partial charge in [-0.2, -0.15) is 0 Å². The molecule has 1 aromatic rings. The van der Waals surface area contributed by atoms with E-state index in [1.54, 1.807) is 0 Å². The van der Waals surface area contributed by atoms with E-state index in [0.717, 1.165) is 12.2 Å². The van der Waals surface area contributed by atoms with Gasteiger partial charge in [-0.05, 0) is 31.5 Å². The molecular formula is C9H13N3. The Morgan fingerprint density at radius 2 is 2.42 bits per heavy atom. The first-order valence-corrected chi connectivity index (χ1v) is 4.32. The molecule has 1 fully saturated rings. The molecule has 2 heterocycles. The highest BCUT2D eigenvalue weighted by Crippen LogP contribution is 2.21. The Bertz CT molecular complexity index is 266. The second-order valence-corrected chi connectivity index (χ2v) is 3.14. The molecule has 3 heteroatoms. The molecule has 0 saturated carbocycles. The predicted octanol–water partition coefficient (Wildman–Crippen LogP) is 1.09. The average Bonchev–Trinajstić information content (AvgIpc) is 2.56. The Morgan fingerprint density at radius 3 is 3.08 bits per heavy atom. The molecular weight excluding hydrogens is 150 g/mol. The van der Waals surface area contributed by atoms with Gasteiger partial charge >= 0.3 is 0 Å². The molecule has 1 unspecified atom stereocenters. The van der Waals surface area contributed by atoms with E-state index in [9.17, 15) is 0 Å². The Hall–Kier alpha value is -1.09. The number of nitrogens with one attached hydrogen (secondary N) is 1. The van der Waals surface area contributed by atoms with E-state index in [2.05, 4.69) is 10.3 Å². The summed E-state index contributed by atoms with van der Waals surface area (Å²) in [7, 11) is 0. The summed E-state index contributed by atoms with van der Waals surface area (Å²) in [6, 6.07) is 6.23. The van der Waals surface area contributed by atoms with Crippen molar-refractivity contribution in [3.05, 3.63) is 23.9 Å². The first-order valence-electron chi connectivity index (χ1n) is 4.32. The first-order chi connectivity index (χ1) is 5.86. The SMILES string of the molecule is Nc1cccc(C2CCCN2)n1. The Balaban J connectivity index is 2.21. The van der Waals surface area contributed by atoms with Crippen molar-refractivity contribution in [2.45, 2.75) is 18.9 Å². The highest BCUT2D eigenvalue weighted by molar-refractivity contribution is 5.30. The van der Waals surface area contributed by atoms with Gasteiger partial charge in [-0.1, -0.05) is 6.07 Å². The van der Waals surface area contributed by atoms with Crippen LogP contribution >= 0.6 is 0 Å². The summed E-state index contributed by atoms with van der Waals surface area (Å²) in [5.41, 5.74) is 6.66. The molecule has 0 aromatic carbocycles. The van der Waals surface area contributed by atoms with Gasteiger partial charge < -0.3 is 11.1 Å². The number of aromatic nitrogens is 1. The minimum absolute atomic E-state index is 0.425. The van der Waals surface area contributed by atoms with Gasteiger partial charge in [0.15, 0.2) is 0 Å². The fraction of sp³-hybridized carbons (Fsp3) is 0.444. The quantitative estimate of drug-likeness (QED) is 0.651. The number of nitrogen functional groups attached to an aromatic ring is 1. The number of pyridine rings is 1. The maximum atomic E-state index is 5.59. The second-order valence-electron chi connectivity index (χ2n) is 3.14. The van der Waals surface area contributed by atoms with Gasteiger partial charge in [0, 0.05) is 6.04 Å². The van der Waals surface area contributed by atoms with Gasteiger partial charge in [-0.15, -0.1) is 0 Å². The molecule has 0 radical (unpaired) electrons. The van der Waals surface area contributed by atoms with Crippen LogP contribution in [0.3, 0.4) is 0 Å². The van der Waals surface area contributed by atoms with Crippen LogP contribution in [0, 0.1) is 0 Å². The summed E-state index contributed by atoms with van der Waals surface area (Å²) in [4.78, 5) is 4.27. The lowest BCUT2D eigenvalue weighted by atomic mass is 10.1. The Labute approximate surface area is 72.0 Å². The molecule has 0 spiro atoms. The van der Waals surface area contributed by atoms with Crippen LogP contribution in [0.25, 0.3) is 0 Å². The van der Waals surface area contributed by atoms with Gasteiger partial charge in [0.1, 0.15) is 5.82 Å². The molecule has 3 N–H and O–H groups in total. The van der Waals surface area contributed by atoms with Crippen molar-refractivity contribution in [2.24, 2.45) is 0 Å². The highest BCUT2D eigenvalue weighted by Gasteiger charge is 2.16. The van der Waals surface area contributed by atoms with Gasteiger partial charge in [-0.25, -0.2) is 4.98 Å². The Kier molecular flexibility index (Phi) is 1.96. The molecule has 1 atom stereocenters. The van der Waals surface area contributed by atoms with Crippen LogP contribution in [0.15, 0.2) is 18.2 Å². The van der Waals surface area contributed by atoms with Crippen molar-refractivity contribution in [1.82, 2.24) is 10.3 Å². The number of anilines is 1. The molecule has 0 bridgehead atoms. The van der Waals surface area contributed by atoms with E-state index in [1.807, 2.05) is 18.2 Å². The standard InChI is InChI=1S/C9H13N3/c10-9-5-1-3-8(12-9)7-4-2-6-11-7/h1,3,5,7,11H,2,4,6H2,(H2,10,12). The zero-order valence-corrected chi connectivity index (χ0v) is 6.96. The minimum atomic E-state index is 0.425. The van der Waals surface area contributed by atoms with Crippen molar-refractivity contribution in [2.75, 3.05) is 12.3 Å². The monoisotopic (exact) mass is 163 g/mol. The van der Waals surface area contributed by atoms with E-state index in [0.29, 0.717) is 11.9 Å². The van der Waals surface area contributed by atoms with Crippen LogP contribution in [0.2, 0.25) is 0 Å². The molecule has 1 saturated heterocycles. The number of hydrogen-bond donors (Lipinski definition) is 2. The molecule has 12 heavy (non-hydrogen) atoms. The zero-order chi connectivity index (χ0) is 8.39. The van der Waals surface area contributed by atoms with Crippen molar-refractivity contribution in [3.8, 4) is 0 Å². The summed E-state index contributed by atoms with van der Waals surface area (Å²) < 4.78 is 0. The third-order valence-electron chi connectivity index (χ3n) is 2.21. The first kappa shape index (κ1) is 7.55. The van der Waals surface area contributed by atoms with Crippen molar-refractivity contribution < 1.29 is 0 Å². The number of nitrogens with zero attached hydrogens (tertiary/aromatic N) is 1. The molecule has 2 rings (SSSR count). The normalized spacial score (nSPS) is 22.8. The fourth-order valence-corrected chi connectivity index (χ4v) is 1.60. The fourth-order valence-electron chi connectivity index (χ4n) is 1.60. The van der Waals surface area contributed by atoms with Crippen molar-refractivity contribution in [1.29, 1.82) is 0 Å². The summed E-state index contributed by atoms with van der Waals surface area (Å²) in [6.07, 6.45) is 2.41. The second kappa shape index (κ2) is 3.11. The van der Waals surface area contributed by atoms with Crippen molar-refractivity contribution >= 4 is 5.82 Å². The summed E-state index contributed by atoms with van der Waals surface area (Å²) in [6.45, 7) is 1.10. The lowest BCUT2D eigenvalue weighted by Gasteiger charge is -2.08. The maximum Gasteiger partial charge on any atom is 0.123 e. The molecule has 64 valence electrons. The molecule has 0 amide bonds. The lowest BCUT2D eigenvalue weighted by molar-refractivity contribution is 0.629. The van der Waals surface area contributed by atoms with Crippen LogP contribution in [-0.4, -0.2) is 11.5 Å². The lowest BCUT2D eigenvalue weighted by Crippen LogP contribution is -2.14. The molecule has 1 aliphatic rings. The van der Waals surface area contributed by atoms with Crippen LogP contribution in [0.1, 0.15) is 24.6 Å². The molecule has 1 aliphatic heterocycles. The minimum Gasteiger partial charge on any atom is -0.384 e. The van der Waals surface area contributed by atoms with Gasteiger partial charge in [0.2, 0.25) is 0 Å². The van der Waals surface area contributed by atoms with E-state index >= 15 is 0 Å². The number of hydrogen-bond acceptors (Lipinski definition) is 3. The smallest absolute Gasteiger partial charge is 0.123 e. The zero-order valence-electron chi connectivity index (χ0n) is 6.96. The van der Waals surface area contributed by atoms with E-state index in [1.165, 1.54) is 12.8 Å². The number of nitrogens with two attached hydrogens (primary N) is 1. The maximum absolute atomic E-state index is 5.59. The van der Waals surface area contributed by atoms with Gasteiger partial charge in [0.05, 0.1) is 5.69 Å².